The van der Waals surface area contributed by atoms with Gasteiger partial charge in [-0.1, -0.05) is 42.5 Å². The molecule has 4 rings (SSSR count). The van der Waals surface area contributed by atoms with Gasteiger partial charge in [0.25, 0.3) is 5.91 Å². The van der Waals surface area contributed by atoms with Gasteiger partial charge in [0, 0.05) is 18.8 Å². The minimum absolute atomic E-state index is 0.00443. The highest BCUT2D eigenvalue weighted by Gasteiger charge is 2.39. The first-order valence-electron chi connectivity index (χ1n) is 8.84. The van der Waals surface area contributed by atoms with Crippen LogP contribution in [0.3, 0.4) is 0 Å². The van der Waals surface area contributed by atoms with Gasteiger partial charge in [0.15, 0.2) is 0 Å². The summed E-state index contributed by atoms with van der Waals surface area (Å²) in [6.45, 7) is 0. The Hall–Kier alpha value is -3.61. The Morgan fingerprint density at radius 1 is 0.966 bits per heavy atom. The van der Waals surface area contributed by atoms with Crippen LogP contribution in [0.2, 0.25) is 0 Å². The van der Waals surface area contributed by atoms with Crippen LogP contribution in [-0.4, -0.2) is 22.9 Å². The van der Waals surface area contributed by atoms with Crippen LogP contribution in [-0.2, 0) is 6.18 Å². The summed E-state index contributed by atoms with van der Waals surface area (Å²) in [6, 6.07) is 17.8. The Morgan fingerprint density at radius 3 is 2.34 bits per heavy atom. The van der Waals surface area contributed by atoms with Gasteiger partial charge in [-0.05, 0) is 35.9 Å². The maximum atomic E-state index is 13.2. The third-order valence-electron chi connectivity index (χ3n) is 4.66. The number of nitrogens with zero attached hydrogens (tertiary/aromatic N) is 3. The first kappa shape index (κ1) is 18.7. The molecule has 7 heteroatoms. The van der Waals surface area contributed by atoms with Crippen LogP contribution in [0.5, 0.6) is 0 Å². The van der Waals surface area contributed by atoms with Crippen LogP contribution >= 0.6 is 0 Å². The molecule has 1 aliphatic heterocycles. The fourth-order valence-corrected chi connectivity index (χ4v) is 3.25. The third-order valence-corrected chi connectivity index (χ3v) is 4.66. The Labute approximate surface area is 165 Å². The maximum Gasteiger partial charge on any atom is 0.416 e. The van der Waals surface area contributed by atoms with Crippen LogP contribution in [0.25, 0.3) is 11.8 Å². The summed E-state index contributed by atoms with van der Waals surface area (Å²) in [5.74, 6) is -0.0508. The molecule has 0 unspecified atom stereocenters. The van der Waals surface area contributed by atoms with Gasteiger partial charge in [-0.15, -0.1) is 0 Å². The maximum absolute atomic E-state index is 13.2. The molecule has 0 spiro atoms. The van der Waals surface area contributed by atoms with E-state index in [1.165, 1.54) is 16.1 Å². The quantitative estimate of drug-likeness (QED) is 0.619. The van der Waals surface area contributed by atoms with Crippen molar-refractivity contribution in [1.82, 2.24) is 9.99 Å². The lowest BCUT2D eigenvalue weighted by atomic mass is 10.0. The van der Waals surface area contributed by atoms with Crippen LogP contribution in [0.4, 0.5) is 19.0 Å². The molecule has 0 saturated carbocycles. The van der Waals surface area contributed by atoms with E-state index in [1.54, 1.807) is 37.5 Å². The Kier molecular flexibility index (Phi) is 4.58. The molecular weight excluding hydrogens is 379 g/mol. The number of anilines is 1. The molecule has 0 N–H and O–H groups in total. The number of aromatic nitrogens is 1. The van der Waals surface area contributed by atoms with Crippen molar-refractivity contribution in [2.75, 3.05) is 12.1 Å². The van der Waals surface area contributed by atoms with Crippen molar-refractivity contribution in [3.63, 3.8) is 0 Å². The van der Waals surface area contributed by atoms with Gasteiger partial charge in [0.2, 0.25) is 0 Å². The lowest BCUT2D eigenvalue weighted by Gasteiger charge is -2.30. The first-order chi connectivity index (χ1) is 13.9. The number of rotatable bonds is 3. The van der Waals surface area contributed by atoms with Gasteiger partial charge >= 0.3 is 6.18 Å². The van der Waals surface area contributed by atoms with Gasteiger partial charge in [-0.25, -0.2) is 9.99 Å². The molecule has 0 fully saturated rings. The van der Waals surface area contributed by atoms with Crippen molar-refractivity contribution in [3.05, 3.63) is 95.2 Å². The predicted octanol–water partition coefficient (Wildman–Crippen LogP) is 5.11. The van der Waals surface area contributed by atoms with Gasteiger partial charge in [-0.2, -0.15) is 13.2 Å². The molecule has 2 aromatic carbocycles. The fraction of sp³-hybridized carbons (Fsp3) is 0.0909. The lowest BCUT2D eigenvalue weighted by Crippen LogP contribution is -2.39. The Balaban J connectivity index is 1.87. The number of hydrazine groups is 1. The summed E-state index contributed by atoms with van der Waals surface area (Å²) in [4.78, 5) is 17.4. The van der Waals surface area contributed by atoms with Crippen LogP contribution in [0.1, 0.15) is 27.0 Å². The molecule has 2 heterocycles. The summed E-state index contributed by atoms with van der Waals surface area (Å²) >= 11 is 0. The average molecular weight is 395 g/mol. The van der Waals surface area contributed by atoms with E-state index >= 15 is 0 Å². The molecule has 0 atom stereocenters. The van der Waals surface area contributed by atoms with E-state index in [-0.39, 0.29) is 5.56 Å². The minimum atomic E-state index is -4.53. The number of alkyl halides is 3. The van der Waals surface area contributed by atoms with Gasteiger partial charge < -0.3 is 0 Å². The second-order valence-corrected chi connectivity index (χ2v) is 6.53. The standard InChI is InChI=1S/C22H16F3N3O/c1-27(20-9-5-6-12-26-20)28-19(13-15-7-3-2-4-8-15)17-11-10-16(22(23,24)25)14-18(17)21(28)29/h2-14H,1H3/b19-13-. The van der Waals surface area contributed by atoms with E-state index in [4.69, 9.17) is 0 Å². The molecule has 29 heavy (non-hydrogen) atoms. The number of hydrogen-bond acceptors (Lipinski definition) is 3. The topological polar surface area (TPSA) is 36.4 Å². The van der Waals surface area contributed by atoms with Crippen molar-refractivity contribution < 1.29 is 18.0 Å². The third kappa shape index (κ3) is 3.47. The molecule has 1 aliphatic rings. The Bertz CT molecular complexity index is 1080. The molecule has 1 amide bonds. The smallest absolute Gasteiger partial charge is 0.267 e. The summed E-state index contributed by atoms with van der Waals surface area (Å²) in [7, 11) is 1.65. The largest absolute Gasteiger partial charge is 0.416 e. The second-order valence-electron chi connectivity index (χ2n) is 6.53. The Morgan fingerprint density at radius 2 is 1.69 bits per heavy atom. The van der Waals surface area contributed by atoms with E-state index < -0.39 is 17.6 Å². The summed E-state index contributed by atoms with van der Waals surface area (Å²) < 4.78 is 39.6. The first-order valence-corrected chi connectivity index (χ1v) is 8.84. The predicted molar refractivity (Wildman–Crippen MR) is 105 cm³/mol. The number of carbonyl (C=O) groups excluding carboxylic acids is 1. The number of fused-ring (bicyclic) bond motifs is 1. The molecule has 146 valence electrons. The molecule has 0 saturated heterocycles. The van der Waals surface area contributed by atoms with Crippen molar-refractivity contribution in [3.8, 4) is 0 Å². The van der Waals surface area contributed by atoms with Crippen LogP contribution in [0, 0.1) is 0 Å². The summed E-state index contributed by atoms with van der Waals surface area (Å²) in [6.07, 6.45) is -1.17. The molecule has 3 aromatic rings. The van der Waals surface area contributed by atoms with E-state index in [0.717, 1.165) is 17.7 Å². The highest BCUT2D eigenvalue weighted by Crippen LogP contribution is 2.39. The highest BCUT2D eigenvalue weighted by atomic mass is 19.4. The highest BCUT2D eigenvalue weighted by molar-refractivity contribution is 6.12. The number of carbonyl (C=O) groups is 1. The van der Waals surface area contributed by atoms with Crippen LogP contribution in [0.15, 0.2) is 72.9 Å². The van der Waals surface area contributed by atoms with Gasteiger partial charge in [-0.3, -0.25) is 9.80 Å². The SMILES string of the molecule is CN(c1ccccn1)N1C(=O)c2cc(C(F)(F)F)ccc2/C1=C/c1ccccc1. The normalized spacial score (nSPS) is 15.0. The average Bonchev–Trinajstić information content (AvgIpc) is 2.99. The monoisotopic (exact) mass is 395 g/mol. The van der Waals surface area contributed by atoms with E-state index in [1.807, 2.05) is 30.3 Å². The number of halogens is 3. The number of benzene rings is 2. The van der Waals surface area contributed by atoms with Crippen molar-refractivity contribution >= 4 is 23.5 Å². The molecule has 0 aliphatic carbocycles. The zero-order chi connectivity index (χ0) is 20.6. The fourth-order valence-electron chi connectivity index (χ4n) is 3.25. The van der Waals surface area contributed by atoms with Gasteiger partial charge in [0.1, 0.15) is 5.82 Å². The van der Waals surface area contributed by atoms with E-state index in [0.29, 0.717) is 17.1 Å². The van der Waals surface area contributed by atoms with Crippen molar-refractivity contribution in [2.24, 2.45) is 0 Å². The van der Waals surface area contributed by atoms with E-state index in [9.17, 15) is 18.0 Å². The molecule has 0 bridgehead atoms. The zero-order valence-electron chi connectivity index (χ0n) is 15.4. The van der Waals surface area contributed by atoms with Gasteiger partial charge in [0.05, 0.1) is 16.8 Å². The van der Waals surface area contributed by atoms with Crippen molar-refractivity contribution in [1.29, 1.82) is 0 Å². The summed E-state index contributed by atoms with van der Waals surface area (Å²) in [5, 5.41) is 2.88. The lowest BCUT2D eigenvalue weighted by molar-refractivity contribution is -0.137. The minimum Gasteiger partial charge on any atom is -0.267 e. The zero-order valence-corrected chi connectivity index (χ0v) is 15.4. The summed E-state index contributed by atoms with van der Waals surface area (Å²) in [5.41, 5.74) is 0.894. The molecule has 1 aromatic heterocycles. The second kappa shape index (κ2) is 7.09. The number of hydrogen-bond donors (Lipinski definition) is 0. The number of pyridine rings is 1. The molecule has 0 radical (unpaired) electrons. The molecule has 4 nitrogen and oxygen atoms in total. The van der Waals surface area contributed by atoms with E-state index in [2.05, 4.69) is 4.98 Å². The van der Waals surface area contributed by atoms with Crippen molar-refractivity contribution in [2.45, 2.75) is 6.18 Å². The molecular formula is C22H16F3N3O. The van der Waals surface area contributed by atoms with Crippen LogP contribution < -0.4 is 5.01 Å². The number of amides is 1.